The maximum Gasteiger partial charge on any atom is 0.425 e. The first-order valence-electron chi connectivity index (χ1n) is 19.3. The molecule has 4 rings (SSSR count). The number of fused-ring (bicyclic) bond motifs is 2. The van der Waals surface area contributed by atoms with Crippen LogP contribution in [0.3, 0.4) is 0 Å². The average molecular weight is 984 g/mol. The Labute approximate surface area is 398 Å². The van der Waals surface area contributed by atoms with Crippen LogP contribution in [0.15, 0.2) is 113 Å². The third kappa shape index (κ3) is 20.3. The lowest BCUT2D eigenvalue weighted by Crippen LogP contribution is -2.44. The molecule has 0 unspecified atom stereocenters. The number of imide groups is 2. The molecular weight excluding hydrogens is 929 g/mol. The van der Waals surface area contributed by atoms with Gasteiger partial charge in [0.25, 0.3) is 0 Å². The molecule has 0 aliphatic rings. The topological polar surface area (TPSA) is 137 Å². The van der Waals surface area contributed by atoms with Crippen LogP contribution in [0, 0.1) is 6.92 Å². The highest BCUT2D eigenvalue weighted by molar-refractivity contribution is 9.08. The van der Waals surface area contributed by atoms with E-state index in [1.54, 1.807) is 83.1 Å². The largest absolute Gasteiger partial charge is 0.443 e. The molecule has 2 aromatic carbocycles. The number of halogens is 1. The first-order valence-corrected chi connectivity index (χ1v) is 22.0. The summed E-state index contributed by atoms with van der Waals surface area (Å²) in [6.07, 6.45) is -3.25. The molecule has 0 aliphatic heterocycles. The number of aryl methyl sites for hydroxylation is 1. The summed E-state index contributed by atoms with van der Waals surface area (Å²) < 4.78 is 32.0. The number of ether oxygens (including phenoxy) is 4. The maximum atomic E-state index is 12.7. The Morgan fingerprint density at radius 2 is 0.862 bits per heavy atom. The minimum Gasteiger partial charge on any atom is -0.443 e. The summed E-state index contributed by atoms with van der Waals surface area (Å²) in [5.74, 6) is 0.448. The van der Waals surface area contributed by atoms with Gasteiger partial charge in [0.05, 0.1) is 9.40 Å². The second kappa shape index (κ2) is 25.1. The molecule has 0 radical (unpaired) electrons. The minimum atomic E-state index is -0.816. The van der Waals surface area contributed by atoms with Gasteiger partial charge in [0.1, 0.15) is 22.4 Å². The molecule has 0 saturated carbocycles. The van der Waals surface area contributed by atoms with Gasteiger partial charge in [-0.3, -0.25) is 0 Å². The molecule has 0 fully saturated rings. The highest BCUT2D eigenvalue weighted by atomic mass is 79.9. The van der Waals surface area contributed by atoms with Crippen molar-refractivity contribution in [2.45, 2.75) is 125 Å². The number of alkyl halides is 1. The van der Waals surface area contributed by atoms with Crippen LogP contribution in [0.25, 0.3) is 20.2 Å². The predicted molar refractivity (Wildman–Crippen MR) is 263 cm³/mol. The van der Waals surface area contributed by atoms with Crippen molar-refractivity contribution in [1.82, 2.24) is 8.75 Å². The van der Waals surface area contributed by atoms with Crippen molar-refractivity contribution in [3.05, 3.63) is 124 Å². The zero-order chi connectivity index (χ0) is 48.5. The maximum absolute atomic E-state index is 12.7. The van der Waals surface area contributed by atoms with Gasteiger partial charge in [0, 0.05) is 16.1 Å². The van der Waals surface area contributed by atoms with Crippen LogP contribution < -0.4 is 9.80 Å². The summed E-state index contributed by atoms with van der Waals surface area (Å²) in [7, 11) is 0. The summed E-state index contributed by atoms with van der Waals surface area (Å²) in [5, 5.41) is 2.06. The number of nitrogens with zero attached hydrogens (tertiary/aromatic N) is 4. The molecule has 65 heavy (non-hydrogen) atoms. The van der Waals surface area contributed by atoms with E-state index >= 15 is 0 Å². The number of hydrogen-bond donors (Lipinski definition) is 0. The van der Waals surface area contributed by atoms with E-state index in [1.165, 1.54) is 23.1 Å². The summed E-state index contributed by atoms with van der Waals surface area (Å²) in [6, 6.07) is 11.5. The van der Waals surface area contributed by atoms with Crippen LogP contribution in [-0.4, -0.2) is 55.5 Å². The fourth-order valence-corrected chi connectivity index (χ4v) is 6.28. The first-order chi connectivity index (χ1) is 29.7. The number of anilines is 2. The van der Waals surface area contributed by atoms with Crippen molar-refractivity contribution in [2.75, 3.05) is 9.80 Å². The fourth-order valence-electron chi connectivity index (χ4n) is 4.45. The van der Waals surface area contributed by atoms with E-state index in [0.717, 1.165) is 30.3 Å². The second-order valence-corrected chi connectivity index (χ2v) is 19.2. The number of amides is 4. The van der Waals surface area contributed by atoms with Crippen LogP contribution in [0.4, 0.5) is 30.8 Å². The van der Waals surface area contributed by atoms with Gasteiger partial charge in [-0.05, 0) is 208 Å². The molecule has 0 N–H and O–H groups in total. The van der Waals surface area contributed by atoms with Crippen molar-refractivity contribution in [2.24, 2.45) is 0 Å². The monoisotopic (exact) mass is 982 g/mol. The molecule has 342 valence electrons. The Kier molecular flexibility index (Phi) is 21.8. The van der Waals surface area contributed by atoms with E-state index < -0.39 is 46.8 Å². The van der Waals surface area contributed by atoms with Gasteiger partial charge in [-0.15, -0.1) is 0 Å². The zero-order valence-electron chi connectivity index (χ0n) is 38.3. The third-order valence-corrected chi connectivity index (χ3v) is 8.96. The third-order valence-electron chi connectivity index (χ3n) is 6.68. The van der Waals surface area contributed by atoms with Crippen molar-refractivity contribution < 1.29 is 38.1 Å². The number of benzene rings is 2. The SMILES string of the molecule is C.C=C=C=C=C=C=C=C=C=C=C=C=C.CC(C)(C)OC(=O)N(C(=O)OC(C)(C)C)c1nsc2ccc(CBr)cc12.Cc1ccc2snc(N(C(=O)OC(C)(C)C)C(=O)OC(C)(C)C)c2c1. The molecule has 0 saturated heterocycles. The van der Waals surface area contributed by atoms with Gasteiger partial charge in [-0.1, -0.05) is 52.5 Å². The molecule has 0 atom stereocenters. The number of carbonyl (C=O) groups is 4. The van der Waals surface area contributed by atoms with E-state index in [-0.39, 0.29) is 19.1 Å². The van der Waals surface area contributed by atoms with Crippen LogP contribution in [-0.2, 0) is 24.3 Å². The minimum absolute atomic E-state index is 0. The van der Waals surface area contributed by atoms with Gasteiger partial charge >= 0.3 is 24.4 Å². The van der Waals surface area contributed by atoms with Crippen LogP contribution >= 0.6 is 39.0 Å². The van der Waals surface area contributed by atoms with E-state index in [0.29, 0.717) is 16.1 Å². The molecule has 2 heterocycles. The lowest BCUT2D eigenvalue weighted by Gasteiger charge is -2.27. The Hall–Kier alpha value is -6.50. The Morgan fingerprint density at radius 3 is 1.17 bits per heavy atom. The van der Waals surface area contributed by atoms with Crippen molar-refractivity contribution in [3.8, 4) is 0 Å². The molecule has 4 amide bonds. The van der Waals surface area contributed by atoms with Crippen molar-refractivity contribution in [3.63, 3.8) is 0 Å². The van der Waals surface area contributed by atoms with Crippen molar-refractivity contribution in [1.29, 1.82) is 0 Å². The number of rotatable bonds is 3. The molecular formula is C50H55BrN4O8S2. The highest BCUT2D eigenvalue weighted by Gasteiger charge is 2.37. The Balaban J connectivity index is 0.000000511. The summed E-state index contributed by atoms with van der Waals surface area (Å²) in [4.78, 5) is 52.6. The van der Waals surface area contributed by atoms with Crippen molar-refractivity contribution >= 4 is 95.2 Å². The predicted octanol–water partition coefficient (Wildman–Crippen LogP) is 14.3. The van der Waals surface area contributed by atoms with Gasteiger partial charge in [-0.25, -0.2) is 19.2 Å². The number of carbonyl (C=O) groups excluding carboxylic acids is 4. The van der Waals surface area contributed by atoms with E-state index in [9.17, 15) is 19.2 Å². The van der Waals surface area contributed by atoms with Gasteiger partial charge in [-0.2, -0.15) is 18.5 Å². The summed E-state index contributed by atoms with van der Waals surface area (Å²) in [6.45, 7) is 29.3. The normalized spacial score (nSPS) is 10.2. The number of hydrogen-bond acceptors (Lipinski definition) is 12. The average Bonchev–Trinajstić information content (AvgIpc) is 3.75. The first kappa shape index (κ1) is 56.5. The van der Waals surface area contributed by atoms with Gasteiger partial charge < -0.3 is 18.9 Å². The van der Waals surface area contributed by atoms with E-state index in [2.05, 4.69) is 101 Å². The highest BCUT2D eigenvalue weighted by Crippen LogP contribution is 2.34. The van der Waals surface area contributed by atoms with E-state index in [4.69, 9.17) is 18.9 Å². The Bertz CT molecular complexity index is 2690. The van der Waals surface area contributed by atoms with Crippen LogP contribution in [0.5, 0.6) is 0 Å². The molecule has 2 aromatic heterocycles. The lowest BCUT2D eigenvalue weighted by atomic mass is 10.2. The molecule has 0 aliphatic carbocycles. The standard InChI is InChI=1S/C18H23BrN2O4S.C18H24N2O4S.C13H4.CH4/c1-17(2,3)24-15(22)21(16(23)25-18(4,5)6)14-12-9-11(10-19)7-8-13(12)26-20-14;1-11-8-9-13-12(10-11)14(19-25-13)20(15(21)23-17(2,3)4)16(22)24-18(5,6)7;1-3-5-7-9-11-13-12-10-8-6-4-2;/h7-9H,10H2,1-6H3;8-10H,1-7H3;1-2H2;1H4. The Morgan fingerprint density at radius 1 is 0.554 bits per heavy atom. The number of aromatic nitrogens is 2. The molecule has 4 aromatic rings. The van der Waals surface area contributed by atoms with Gasteiger partial charge in [0.15, 0.2) is 11.6 Å². The smallest absolute Gasteiger partial charge is 0.425 e. The van der Waals surface area contributed by atoms with Crippen LogP contribution in [0.1, 0.15) is 102 Å². The fraction of sp³-hybridized carbons (Fsp3) is 0.380. The van der Waals surface area contributed by atoms with Gasteiger partial charge in [0.2, 0.25) is 0 Å². The molecule has 15 heteroatoms. The summed E-state index contributed by atoms with van der Waals surface area (Å²) in [5.41, 5.74) is 25.9. The molecule has 0 spiro atoms. The van der Waals surface area contributed by atoms with Crippen LogP contribution in [0.2, 0.25) is 0 Å². The molecule has 12 nitrogen and oxygen atoms in total. The molecule has 0 bridgehead atoms. The quantitative estimate of drug-likeness (QED) is 0.111. The second-order valence-electron chi connectivity index (χ2n) is 17.0. The summed E-state index contributed by atoms with van der Waals surface area (Å²) >= 11 is 5.84. The lowest BCUT2D eigenvalue weighted by molar-refractivity contribution is 0.0407. The van der Waals surface area contributed by atoms with E-state index in [1.807, 2.05) is 43.3 Å². The zero-order valence-corrected chi connectivity index (χ0v) is 41.6.